The normalized spacial score (nSPS) is 17.7. The van der Waals surface area contributed by atoms with Crippen molar-refractivity contribution in [1.29, 1.82) is 0 Å². The van der Waals surface area contributed by atoms with Crippen LogP contribution in [0.3, 0.4) is 0 Å². The smallest absolute Gasteiger partial charge is 0.279 e. The van der Waals surface area contributed by atoms with E-state index < -0.39 is 10.0 Å². The molecule has 1 N–H and O–H groups in total. The van der Waals surface area contributed by atoms with Crippen LogP contribution in [0, 0.1) is 5.92 Å². The van der Waals surface area contributed by atoms with Crippen molar-refractivity contribution in [1.82, 2.24) is 29.0 Å². The summed E-state index contributed by atoms with van der Waals surface area (Å²) in [6, 6.07) is 4.84. The first kappa shape index (κ1) is 26.8. The molecular formula is C27H38N6O4S. The molecule has 0 spiro atoms. The lowest BCUT2D eigenvalue weighted by Crippen LogP contribution is -2.47. The zero-order valence-corrected chi connectivity index (χ0v) is 23.4. The molecule has 5 rings (SSSR count). The van der Waals surface area contributed by atoms with Crippen LogP contribution in [0.15, 0.2) is 27.9 Å². The Morgan fingerprint density at radius 2 is 1.84 bits per heavy atom. The van der Waals surface area contributed by atoms with E-state index in [-0.39, 0.29) is 10.5 Å². The fourth-order valence-corrected chi connectivity index (χ4v) is 6.57. The second-order valence-electron chi connectivity index (χ2n) is 10.5. The van der Waals surface area contributed by atoms with Crippen molar-refractivity contribution in [2.75, 3.05) is 39.8 Å². The lowest BCUT2D eigenvalue weighted by atomic mass is 9.85. The molecule has 3 heterocycles. The Hall–Kier alpha value is -2.76. The Balaban J connectivity index is 1.60. The van der Waals surface area contributed by atoms with Gasteiger partial charge in [0.2, 0.25) is 10.0 Å². The molecule has 1 aromatic carbocycles. The van der Waals surface area contributed by atoms with E-state index in [9.17, 15) is 13.2 Å². The second-order valence-corrected chi connectivity index (χ2v) is 12.4. The lowest BCUT2D eigenvalue weighted by molar-refractivity contribution is 0.222. The zero-order chi connectivity index (χ0) is 26.9. The largest absolute Gasteiger partial charge is 0.493 e. The van der Waals surface area contributed by atoms with Gasteiger partial charge in [0.15, 0.2) is 5.52 Å². The monoisotopic (exact) mass is 542 g/mol. The third-order valence-electron chi connectivity index (χ3n) is 7.61. The number of rotatable bonds is 10. The molecule has 0 radical (unpaired) electrons. The topological polar surface area (TPSA) is 113 Å². The van der Waals surface area contributed by atoms with Crippen LogP contribution in [-0.2, 0) is 23.0 Å². The molecule has 2 aromatic heterocycles. The molecule has 1 saturated heterocycles. The number of hydrogen-bond donors (Lipinski definition) is 1. The van der Waals surface area contributed by atoms with Gasteiger partial charge < -0.3 is 14.6 Å². The summed E-state index contributed by atoms with van der Waals surface area (Å²) in [5.41, 5.74) is 2.00. The van der Waals surface area contributed by atoms with Crippen LogP contribution in [0.5, 0.6) is 5.75 Å². The highest BCUT2D eigenvalue weighted by Crippen LogP contribution is 2.33. The fourth-order valence-electron chi connectivity index (χ4n) is 5.12. The van der Waals surface area contributed by atoms with Gasteiger partial charge in [0, 0.05) is 32.7 Å². The molecule has 11 heteroatoms. The molecule has 1 saturated carbocycles. The van der Waals surface area contributed by atoms with Gasteiger partial charge in [0.05, 0.1) is 22.8 Å². The number of ether oxygens (including phenoxy) is 1. The Labute approximate surface area is 224 Å². The predicted octanol–water partition coefficient (Wildman–Crippen LogP) is 3.26. The molecule has 10 nitrogen and oxygen atoms in total. The van der Waals surface area contributed by atoms with Crippen molar-refractivity contribution in [3.05, 3.63) is 34.2 Å². The maximum atomic E-state index is 13.5. The first-order chi connectivity index (χ1) is 18.3. The maximum Gasteiger partial charge on any atom is 0.279 e. The third kappa shape index (κ3) is 5.23. The van der Waals surface area contributed by atoms with Gasteiger partial charge in [-0.25, -0.2) is 13.4 Å². The molecule has 0 unspecified atom stereocenters. The van der Waals surface area contributed by atoms with E-state index in [0.29, 0.717) is 66.9 Å². The number of sulfonamides is 1. The van der Waals surface area contributed by atoms with E-state index in [1.165, 1.54) is 23.6 Å². The fraction of sp³-hybridized carbons (Fsp3) is 0.593. The Bertz CT molecular complexity index is 1450. The van der Waals surface area contributed by atoms with Crippen molar-refractivity contribution in [3.63, 3.8) is 0 Å². The van der Waals surface area contributed by atoms with E-state index in [4.69, 9.17) is 9.72 Å². The minimum absolute atomic E-state index is 0.165. The number of hydrogen-bond acceptors (Lipinski definition) is 7. The number of likely N-dealkylation sites (N-methyl/N-ethyl adjacent to an activating group) is 1. The summed E-state index contributed by atoms with van der Waals surface area (Å²) in [6.45, 7) is 7.60. The molecule has 1 aliphatic carbocycles. The summed E-state index contributed by atoms with van der Waals surface area (Å²) in [5, 5.41) is 4.66. The van der Waals surface area contributed by atoms with Crippen LogP contribution in [0.25, 0.3) is 22.4 Å². The highest BCUT2D eigenvalue weighted by molar-refractivity contribution is 7.89. The summed E-state index contributed by atoms with van der Waals surface area (Å²) < 4.78 is 36.5. The molecule has 1 aliphatic heterocycles. The molecule has 0 amide bonds. The van der Waals surface area contributed by atoms with E-state index in [0.717, 1.165) is 31.5 Å². The molecule has 0 atom stereocenters. The first-order valence-electron chi connectivity index (χ1n) is 13.8. The Morgan fingerprint density at radius 1 is 1.08 bits per heavy atom. The van der Waals surface area contributed by atoms with Crippen LogP contribution in [0.4, 0.5) is 0 Å². The average molecular weight is 543 g/mol. The van der Waals surface area contributed by atoms with Gasteiger partial charge in [-0.05, 0) is 56.8 Å². The van der Waals surface area contributed by atoms with Crippen molar-refractivity contribution in [3.8, 4) is 17.1 Å². The quantitative estimate of drug-likeness (QED) is 0.418. The highest BCUT2D eigenvalue weighted by atomic mass is 32.2. The third-order valence-corrected chi connectivity index (χ3v) is 9.51. The van der Waals surface area contributed by atoms with Crippen LogP contribution in [-0.4, -0.2) is 77.2 Å². The van der Waals surface area contributed by atoms with Crippen molar-refractivity contribution in [2.45, 2.75) is 63.8 Å². The minimum Gasteiger partial charge on any atom is -0.493 e. The maximum absolute atomic E-state index is 13.5. The van der Waals surface area contributed by atoms with Gasteiger partial charge in [-0.3, -0.25) is 9.48 Å². The van der Waals surface area contributed by atoms with Gasteiger partial charge in [-0.15, -0.1) is 0 Å². The standard InChI is InChI=1S/C27H38N6O4S/c1-4-7-22-24-25(30-33(22)18-19-8-6-9-19)27(34)29-26(28-24)21-17-20(10-11-23(21)37-16-5-2)38(35,36)32-14-12-31(3)13-15-32/h10-11,17,19H,4-9,12-16,18H2,1-3H3,(H,28,29,34). The first-order valence-corrected chi connectivity index (χ1v) is 15.2. The Kier molecular flexibility index (Phi) is 7.88. The lowest BCUT2D eigenvalue weighted by Gasteiger charge is -2.31. The molecule has 206 valence electrons. The minimum atomic E-state index is -3.71. The van der Waals surface area contributed by atoms with Crippen LogP contribution in [0.1, 0.15) is 51.6 Å². The Morgan fingerprint density at radius 3 is 2.50 bits per heavy atom. The van der Waals surface area contributed by atoms with Crippen LogP contribution < -0.4 is 10.3 Å². The number of fused-ring (bicyclic) bond motifs is 1. The van der Waals surface area contributed by atoms with Gasteiger partial charge in [0.1, 0.15) is 17.1 Å². The van der Waals surface area contributed by atoms with Crippen LogP contribution >= 0.6 is 0 Å². The number of nitrogens with zero attached hydrogens (tertiary/aromatic N) is 5. The number of nitrogens with one attached hydrogen (secondary N) is 1. The summed E-state index contributed by atoms with van der Waals surface area (Å²) in [6.07, 6.45) is 6.06. The number of H-pyrrole nitrogens is 1. The van der Waals surface area contributed by atoms with E-state index in [1.54, 1.807) is 18.2 Å². The molecule has 38 heavy (non-hydrogen) atoms. The summed E-state index contributed by atoms with van der Waals surface area (Å²) in [7, 11) is -1.73. The molecular weight excluding hydrogens is 504 g/mol. The highest BCUT2D eigenvalue weighted by Gasteiger charge is 2.29. The SMILES string of the molecule is CCCOc1ccc(S(=O)(=O)N2CCN(C)CC2)cc1-c1nc2c(CCC)n(CC3CCC3)nc2c(=O)[nH]1. The van der Waals surface area contributed by atoms with Gasteiger partial charge in [0.25, 0.3) is 5.56 Å². The average Bonchev–Trinajstić information content (AvgIpc) is 3.23. The van der Waals surface area contributed by atoms with E-state index in [1.807, 2.05) is 18.7 Å². The molecule has 3 aromatic rings. The van der Waals surface area contributed by atoms with Crippen molar-refractivity contribution < 1.29 is 13.2 Å². The summed E-state index contributed by atoms with van der Waals surface area (Å²) in [5.74, 6) is 1.37. The summed E-state index contributed by atoms with van der Waals surface area (Å²) in [4.78, 5) is 23.3. The number of benzene rings is 1. The molecule has 0 bridgehead atoms. The number of piperazine rings is 1. The number of aromatic amines is 1. The molecule has 2 aliphatic rings. The molecule has 2 fully saturated rings. The predicted molar refractivity (Wildman–Crippen MR) is 147 cm³/mol. The van der Waals surface area contributed by atoms with Crippen molar-refractivity contribution >= 4 is 21.1 Å². The summed E-state index contributed by atoms with van der Waals surface area (Å²) >= 11 is 0. The zero-order valence-electron chi connectivity index (χ0n) is 22.6. The van der Waals surface area contributed by atoms with Crippen LogP contribution in [0.2, 0.25) is 0 Å². The number of aryl methyl sites for hydroxylation is 1. The van der Waals surface area contributed by atoms with E-state index in [2.05, 4.69) is 21.9 Å². The van der Waals surface area contributed by atoms with Gasteiger partial charge >= 0.3 is 0 Å². The van der Waals surface area contributed by atoms with E-state index >= 15 is 0 Å². The van der Waals surface area contributed by atoms with Gasteiger partial charge in [-0.1, -0.05) is 26.7 Å². The van der Waals surface area contributed by atoms with Crippen molar-refractivity contribution in [2.24, 2.45) is 5.92 Å². The van der Waals surface area contributed by atoms with Gasteiger partial charge in [-0.2, -0.15) is 9.40 Å². The second kappa shape index (κ2) is 11.2. The number of aromatic nitrogens is 4.